The molecular weight excluding hydrogens is 713 g/mol. The molecule has 0 amide bonds. The van der Waals surface area contributed by atoms with E-state index < -0.39 is 20.0 Å². The molecule has 0 spiro atoms. The first-order valence-electron chi connectivity index (χ1n) is 15.4. The summed E-state index contributed by atoms with van der Waals surface area (Å²) >= 11 is 0. The summed E-state index contributed by atoms with van der Waals surface area (Å²) in [6.45, 7) is 8.53. The van der Waals surface area contributed by atoms with Crippen LogP contribution in [0.2, 0.25) is 0 Å². The second-order valence-electron chi connectivity index (χ2n) is 10.5. The van der Waals surface area contributed by atoms with Crippen molar-refractivity contribution in [1.29, 1.82) is 0 Å². The fraction of sp³-hybridized carbons (Fsp3) is 0.176. The van der Waals surface area contributed by atoms with Crippen molar-refractivity contribution in [1.82, 2.24) is 10.9 Å². The fourth-order valence-corrected chi connectivity index (χ4v) is 7.98. The number of nitrogens with zero attached hydrogens (tertiary/aromatic N) is 4. The molecule has 50 heavy (non-hydrogen) atoms. The second-order valence-corrected chi connectivity index (χ2v) is 15.9. The molecule has 0 heterocycles. The molecule has 0 saturated carbocycles. The molecule has 4 aromatic rings. The van der Waals surface area contributed by atoms with E-state index in [2.05, 4.69) is 40.5 Å². The van der Waals surface area contributed by atoms with Crippen LogP contribution in [0.3, 0.4) is 0 Å². The van der Waals surface area contributed by atoms with Gasteiger partial charge in [-0.15, -0.1) is 0 Å². The van der Waals surface area contributed by atoms with Gasteiger partial charge in [0.05, 0.1) is 33.6 Å². The number of hydrogen-bond acceptors (Lipinski definition) is 10. The maximum absolute atomic E-state index is 13.0. The molecule has 0 fully saturated rings. The first-order valence-corrected chi connectivity index (χ1v) is 20.5. The molecule has 4 N–H and O–H groups in total. The standard InChI is InChI=1S/C34H38N8O4S4/c1-5-35-33(39-37-23-27-11-7-9-13-31(27)41-49(43,44)29-19-15-25(3)16-20-29)47-48-34(36-6-2)40-38-24-28-12-8-10-14-32(28)42-50(45,46)30-21-17-26(4)18-22-30/h7-24,41-42H,5-6H2,1-4H3,(H,35,39)(H,36,40)/b37-23+,38-24+. The average molecular weight is 751 g/mol. The predicted octanol–water partition coefficient (Wildman–Crippen LogP) is 6.59. The summed E-state index contributed by atoms with van der Waals surface area (Å²) in [5, 5.41) is 9.58. The van der Waals surface area contributed by atoms with E-state index in [1.807, 2.05) is 27.7 Å². The number of para-hydroxylation sites is 2. The van der Waals surface area contributed by atoms with Crippen molar-refractivity contribution in [2.75, 3.05) is 22.5 Å². The highest BCUT2D eigenvalue weighted by molar-refractivity contribution is 8.87. The van der Waals surface area contributed by atoms with Crippen LogP contribution < -0.4 is 20.3 Å². The Bertz CT molecular complexity index is 1930. The van der Waals surface area contributed by atoms with Crippen LogP contribution in [-0.4, -0.2) is 52.7 Å². The van der Waals surface area contributed by atoms with Gasteiger partial charge in [-0.05, 0) is 85.7 Å². The maximum atomic E-state index is 13.0. The largest absolute Gasteiger partial charge is 0.279 e. The van der Waals surface area contributed by atoms with Gasteiger partial charge in [-0.3, -0.25) is 30.3 Å². The molecule has 12 nitrogen and oxygen atoms in total. The number of anilines is 2. The molecule has 0 aliphatic carbocycles. The molecule has 0 aliphatic heterocycles. The highest BCUT2D eigenvalue weighted by Gasteiger charge is 2.17. The van der Waals surface area contributed by atoms with E-state index in [4.69, 9.17) is 0 Å². The monoisotopic (exact) mass is 750 g/mol. The highest BCUT2D eigenvalue weighted by atomic mass is 33.1. The van der Waals surface area contributed by atoms with E-state index in [1.54, 1.807) is 97.1 Å². The van der Waals surface area contributed by atoms with Crippen LogP contribution in [0, 0.1) is 13.8 Å². The highest BCUT2D eigenvalue weighted by Crippen LogP contribution is 2.24. The summed E-state index contributed by atoms with van der Waals surface area (Å²) in [7, 11) is -5.06. The van der Waals surface area contributed by atoms with Crippen LogP contribution >= 0.6 is 21.6 Å². The number of aliphatic imine (C=N–C) groups is 2. The number of aryl methyl sites for hydroxylation is 2. The lowest BCUT2D eigenvalue weighted by atomic mass is 10.2. The Kier molecular flexibility index (Phi) is 14.0. The third-order valence-electron chi connectivity index (χ3n) is 6.60. The summed E-state index contributed by atoms with van der Waals surface area (Å²) < 4.78 is 57.2. The van der Waals surface area contributed by atoms with Crippen LogP contribution in [0.25, 0.3) is 0 Å². The Morgan fingerprint density at radius 2 is 0.940 bits per heavy atom. The molecule has 0 saturated heterocycles. The van der Waals surface area contributed by atoms with Crippen molar-refractivity contribution in [2.24, 2.45) is 20.2 Å². The summed E-state index contributed by atoms with van der Waals surface area (Å²) in [4.78, 5) is 9.23. The van der Waals surface area contributed by atoms with Crippen LogP contribution in [0.5, 0.6) is 0 Å². The molecule has 4 rings (SSSR count). The van der Waals surface area contributed by atoms with E-state index in [0.717, 1.165) is 11.1 Å². The molecule has 16 heteroatoms. The van der Waals surface area contributed by atoms with Crippen molar-refractivity contribution in [3.8, 4) is 0 Å². The van der Waals surface area contributed by atoms with Crippen molar-refractivity contribution in [2.45, 2.75) is 37.5 Å². The first-order chi connectivity index (χ1) is 24.0. The number of hydrogen-bond donors (Lipinski definition) is 4. The van der Waals surface area contributed by atoms with Gasteiger partial charge in [-0.1, -0.05) is 71.8 Å². The fourth-order valence-electron chi connectivity index (χ4n) is 4.09. The van der Waals surface area contributed by atoms with Gasteiger partial charge in [-0.2, -0.15) is 10.2 Å². The van der Waals surface area contributed by atoms with Gasteiger partial charge in [0, 0.05) is 24.2 Å². The molecule has 0 radical (unpaired) electrons. The van der Waals surface area contributed by atoms with Gasteiger partial charge in [-0.25, -0.2) is 16.8 Å². The number of sulfonamides is 2. The molecule has 0 bridgehead atoms. The van der Waals surface area contributed by atoms with Crippen molar-refractivity contribution in [3.05, 3.63) is 119 Å². The van der Waals surface area contributed by atoms with E-state index in [9.17, 15) is 16.8 Å². The molecule has 262 valence electrons. The van der Waals surface area contributed by atoms with Gasteiger partial charge in [0.25, 0.3) is 20.0 Å². The minimum atomic E-state index is -3.80. The van der Waals surface area contributed by atoms with E-state index in [1.165, 1.54) is 34.0 Å². The Labute approximate surface area is 301 Å². The molecule has 0 unspecified atom stereocenters. The Balaban J connectivity index is 1.38. The van der Waals surface area contributed by atoms with E-state index in [-0.39, 0.29) is 9.79 Å². The summed E-state index contributed by atoms with van der Waals surface area (Å²) in [6, 6.07) is 27.1. The second kappa shape index (κ2) is 18.4. The molecular formula is C34H38N8O4S4. The Hall–Kier alpha value is -4.64. The third-order valence-corrected chi connectivity index (χ3v) is 11.4. The Morgan fingerprint density at radius 3 is 1.30 bits per heavy atom. The van der Waals surface area contributed by atoms with Crippen molar-refractivity contribution < 1.29 is 16.8 Å². The molecule has 4 aromatic carbocycles. The normalized spacial score (nSPS) is 12.7. The zero-order valence-corrected chi connectivity index (χ0v) is 31.1. The lowest BCUT2D eigenvalue weighted by Gasteiger charge is -2.11. The van der Waals surface area contributed by atoms with Gasteiger partial charge >= 0.3 is 0 Å². The van der Waals surface area contributed by atoms with Crippen LogP contribution in [0.15, 0.2) is 127 Å². The third kappa shape index (κ3) is 11.5. The molecule has 0 aliphatic rings. The number of amidine groups is 2. The molecule has 0 aromatic heterocycles. The number of nitrogens with one attached hydrogen (secondary N) is 4. The number of rotatable bonds is 12. The quantitative estimate of drug-likeness (QED) is 0.0545. The minimum Gasteiger partial charge on any atom is -0.279 e. The number of benzene rings is 4. The number of hydrazone groups is 2. The average Bonchev–Trinajstić information content (AvgIpc) is 3.08. The van der Waals surface area contributed by atoms with Crippen molar-refractivity contribution in [3.63, 3.8) is 0 Å². The zero-order valence-electron chi connectivity index (χ0n) is 27.9. The summed E-state index contributed by atoms with van der Waals surface area (Å²) in [5.41, 5.74) is 9.61. The molecule has 0 atom stereocenters. The SMILES string of the molecule is CCN=C(N/N=C/c1ccccc1NS(=O)(=O)c1ccc(C)cc1)SSC(=NCC)N/N=C/c1ccccc1NS(=O)(=O)c1ccc(C)cc1. The van der Waals surface area contributed by atoms with Crippen LogP contribution in [0.4, 0.5) is 11.4 Å². The van der Waals surface area contributed by atoms with E-state index >= 15 is 0 Å². The summed E-state index contributed by atoms with van der Waals surface area (Å²) in [5.74, 6) is 0. The topological polar surface area (TPSA) is 166 Å². The van der Waals surface area contributed by atoms with Gasteiger partial charge < -0.3 is 0 Å². The van der Waals surface area contributed by atoms with Crippen molar-refractivity contribution >= 4 is 75.8 Å². The van der Waals surface area contributed by atoms with Crippen LogP contribution in [-0.2, 0) is 20.0 Å². The Morgan fingerprint density at radius 1 is 0.580 bits per heavy atom. The zero-order chi connectivity index (χ0) is 36.0. The summed E-state index contributed by atoms with van der Waals surface area (Å²) in [6.07, 6.45) is 3.02. The predicted molar refractivity (Wildman–Crippen MR) is 209 cm³/mol. The lowest BCUT2D eigenvalue weighted by molar-refractivity contribution is 0.599. The maximum Gasteiger partial charge on any atom is 0.261 e. The lowest BCUT2D eigenvalue weighted by Crippen LogP contribution is -2.18. The van der Waals surface area contributed by atoms with Crippen LogP contribution in [0.1, 0.15) is 36.1 Å². The van der Waals surface area contributed by atoms with Gasteiger partial charge in [0.15, 0.2) is 10.3 Å². The van der Waals surface area contributed by atoms with E-state index in [0.29, 0.717) is 45.9 Å². The van der Waals surface area contributed by atoms with Gasteiger partial charge in [0.2, 0.25) is 0 Å². The van der Waals surface area contributed by atoms with Gasteiger partial charge in [0.1, 0.15) is 0 Å². The first kappa shape index (κ1) is 38.2. The smallest absolute Gasteiger partial charge is 0.261 e. The minimum absolute atomic E-state index is 0.160.